The van der Waals surface area contributed by atoms with E-state index in [1.165, 1.54) is 11.8 Å². The van der Waals surface area contributed by atoms with Crippen LogP contribution in [0.2, 0.25) is 0 Å². The number of amides is 3. The van der Waals surface area contributed by atoms with Crippen LogP contribution >= 0.6 is 37.0 Å². The molecule has 0 aliphatic heterocycles. The Kier molecular flexibility index (Phi) is 12.6. The van der Waals surface area contributed by atoms with E-state index >= 15 is 0 Å². The zero-order valence-corrected chi connectivity index (χ0v) is 16.3. The van der Waals surface area contributed by atoms with Gasteiger partial charge >= 0.3 is 5.97 Å². The number of carboxylic acids is 1. The van der Waals surface area contributed by atoms with E-state index in [1.54, 1.807) is 0 Å². The quantitative estimate of drug-likeness (QED) is 0.185. The van der Waals surface area contributed by atoms with Crippen LogP contribution in [0.4, 0.5) is 0 Å². The summed E-state index contributed by atoms with van der Waals surface area (Å²) in [6.07, 6.45) is 2.21. The largest absolute Gasteiger partial charge is 0.480 e. The SMILES string of the molecule is CSCCC(NC(=O)CN)C(=O)NC(CS)C(=O)NC(CS)C(=O)O. The van der Waals surface area contributed by atoms with E-state index in [-0.39, 0.29) is 18.1 Å². The van der Waals surface area contributed by atoms with Crippen molar-refractivity contribution in [3.63, 3.8) is 0 Å². The van der Waals surface area contributed by atoms with E-state index < -0.39 is 41.8 Å². The summed E-state index contributed by atoms with van der Waals surface area (Å²) < 4.78 is 0. The second kappa shape index (κ2) is 13.1. The minimum Gasteiger partial charge on any atom is -0.480 e. The number of carbonyl (C=O) groups excluding carboxylic acids is 3. The summed E-state index contributed by atoms with van der Waals surface area (Å²) in [5, 5.41) is 16.2. The average Bonchev–Trinajstić information content (AvgIpc) is 2.59. The van der Waals surface area contributed by atoms with Crippen molar-refractivity contribution in [2.24, 2.45) is 5.73 Å². The van der Waals surface area contributed by atoms with Gasteiger partial charge in [-0.1, -0.05) is 0 Å². The molecule has 0 radical (unpaired) electrons. The van der Waals surface area contributed by atoms with Crippen molar-refractivity contribution in [1.29, 1.82) is 0 Å². The van der Waals surface area contributed by atoms with Gasteiger partial charge in [0.15, 0.2) is 0 Å². The Morgan fingerprint density at radius 2 is 1.52 bits per heavy atom. The van der Waals surface area contributed by atoms with Gasteiger partial charge in [0, 0.05) is 11.5 Å². The lowest BCUT2D eigenvalue weighted by atomic mass is 10.1. The third-order valence-corrected chi connectivity index (χ3v) is 4.43. The predicted octanol–water partition coefficient (Wildman–Crippen LogP) is -1.90. The standard InChI is InChI=1S/C13H24N4O5S3/c1-25-3-2-7(15-10(18)4-14)11(19)16-8(5-23)12(20)17-9(6-24)13(21)22/h7-9,23-24H,2-6,14H2,1H3,(H,15,18)(H,16,19)(H,17,20)(H,21,22). The normalized spacial score (nSPS) is 14.1. The third-order valence-electron chi connectivity index (χ3n) is 3.06. The Labute approximate surface area is 161 Å². The van der Waals surface area contributed by atoms with Crippen LogP contribution < -0.4 is 21.7 Å². The third kappa shape index (κ3) is 9.23. The summed E-state index contributed by atoms with van der Waals surface area (Å²) in [7, 11) is 0. The first-order valence-corrected chi connectivity index (χ1v) is 10.00. The number of hydrogen-bond donors (Lipinski definition) is 7. The fraction of sp³-hybridized carbons (Fsp3) is 0.692. The highest BCUT2D eigenvalue weighted by atomic mass is 32.2. The lowest BCUT2D eigenvalue weighted by Gasteiger charge is -2.23. The highest BCUT2D eigenvalue weighted by molar-refractivity contribution is 7.98. The summed E-state index contributed by atoms with van der Waals surface area (Å²) in [6, 6.07) is -3.08. The first kappa shape index (κ1) is 23.9. The Bertz CT molecular complexity index is 481. The molecule has 6 N–H and O–H groups in total. The van der Waals surface area contributed by atoms with Crippen molar-refractivity contribution in [1.82, 2.24) is 16.0 Å². The smallest absolute Gasteiger partial charge is 0.327 e. The van der Waals surface area contributed by atoms with E-state index in [0.29, 0.717) is 12.2 Å². The van der Waals surface area contributed by atoms with Crippen LogP contribution in [0.15, 0.2) is 0 Å². The molecule has 0 aromatic rings. The van der Waals surface area contributed by atoms with Gasteiger partial charge in [-0.05, 0) is 18.4 Å². The number of rotatable bonds is 12. The van der Waals surface area contributed by atoms with E-state index in [1.807, 2.05) is 6.26 Å². The van der Waals surface area contributed by atoms with Gasteiger partial charge in [-0.2, -0.15) is 37.0 Å². The second-order valence-electron chi connectivity index (χ2n) is 4.93. The number of nitrogens with one attached hydrogen (secondary N) is 3. The molecule has 144 valence electrons. The molecule has 0 heterocycles. The van der Waals surface area contributed by atoms with Gasteiger partial charge in [-0.15, -0.1) is 0 Å². The summed E-state index contributed by atoms with van der Waals surface area (Å²) in [4.78, 5) is 46.9. The molecule has 0 aromatic carbocycles. The van der Waals surface area contributed by atoms with Crippen LogP contribution in [-0.4, -0.2) is 77.0 Å². The summed E-state index contributed by atoms with van der Waals surface area (Å²) in [5.74, 6) is -2.52. The fourth-order valence-electron chi connectivity index (χ4n) is 1.68. The van der Waals surface area contributed by atoms with Crippen molar-refractivity contribution in [2.75, 3.05) is 30.1 Å². The van der Waals surface area contributed by atoms with Gasteiger partial charge in [-0.3, -0.25) is 14.4 Å². The highest BCUT2D eigenvalue weighted by Crippen LogP contribution is 2.02. The van der Waals surface area contributed by atoms with E-state index in [4.69, 9.17) is 10.8 Å². The van der Waals surface area contributed by atoms with Crippen molar-refractivity contribution in [3.8, 4) is 0 Å². The molecule has 0 bridgehead atoms. The minimum absolute atomic E-state index is 0.0451. The van der Waals surface area contributed by atoms with E-state index in [0.717, 1.165) is 0 Å². The first-order chi connectivity index (χ1) is 11.8. The lowest BCUT2D eigenvalue weighted by Crippen LogP contribution is -2.57. The Morgan fingerprint density at radius 3 is 1.96 bits per heavy atom. The molecular formula is C13H24N4O5S3. The topological polar surface area (TPSA) is 151 Å². The van der Waals surface area contributed by atoms with E-state index in [9.17, 15) is 19.2 Å². The second-order valence-corrected chi connectivity index (χ2v) is 6.65. The molecule has 3 amide bonds. The highest BCUT2D eigenvalue weighted by Gasteiger charge is 2.28. The number of hydrogen-bond acceptors (Lipinski definition) is 8. The maximum atomic E-state index is 12.3. The first-order valence-electron chi connectivity index (χ1n) is 7.34. The van der Waals surface area contributed by atoms with Gasteiger partial charge in [0.2, 0.25) is 17.7 Å². The zero-order valence-electron chi connectivity index (χ0n) is 13.7. The van der Waals surface area contributed by atoms with Crippen LogP contribution in [-0.2, 0) is 19.2 Å². The number of thioether (sulfide) groups is 1. The maximum absolute atomic E-state index is 12.3. The van der Waals surface area contributed by atoms with Gasteiger partial charge in [-0.25, -0.2) is 4.79 Å². The summed E-state index contributed by atoms with van der Waals surface area (Å²) in [5.41, 5.74) is 5.24. The van der Waals surface area contributed by atoms with Crippen LogP contribution in [0.3, 0.4) is 0 Å². The van der Waals surface area contributed by atoms with Crippen LogP contribution in [0.1, 0.15) is 6.42 Å². The summed E-state index contributed by atoms with van der Waals surface area (Å²) >= 11 is 9.36. The van der Waals surface area contributed by atoms with Crippen molar-refractivity contribution in [2.45, 2.75) is 24.5 Å². The predicted molar refractivity (Wildman–Crippen MR) is 103 cm³/mol. The Morgan fingerprint density at radius 1 is 1.00 bits per heavy atom. The average molecular weight is 413 g/mol. The zero-order chi connectivity index (χ0) is 19.4. The van der Waals surface area contributed by atoms with Gasteiger partial charge in [0.05, 0.1) is 6.54 Å². The Balaban J connectivity index is 4.92. The molecule has 0 spiro atoms. The van der Waals surface area contributed by atoms with Crippen LogP contribution in [0.5, 0.6) is 0 Å². The molecule has 0 saturated carbocycles. The van der Waals surface area contributed by atoms with Gasteiger partial charge in [0.1, 0.15) is 18.1 Å². The molecule has 0 fully saturated rings. The van der Waals surface area contributed by atoms with Crippen molar-refractivity contribution < 1.29 is 24.3 Å². The van der Waals surface area contributed by atoms with Crippen LogP contribution in [0.25, 0.3) is 0 Å². The van der Waals surface area contributed by atoms with Gasteiger partial charge < -0.3 is 26.8 Å². The molecule has 3 unspecified atom stereocenters. The summed E-state index contributed by atoms with van der Waals surface area (Å²) in [6.45, 7) is -0.262. The minimum atomic E-state index is -1.24. The number of aliphatic carboxylic acids is 1. The number of carbonyl (C=O) groups is 4. The van der Waals surface area contributed by atoms with Crippen LogP contribution in [0, 0.1) is 0 Å². The molecule has 0 aliphatic rings. The number of nitrogens with two attached hydrogens (primary N) is 1. The molecule has 0 saturated heterocycles. The van der Waals surface area contributed by atoms with Crippen molar-refractivity contribution >= 4 is 60.7 Å². The number of thiol groups is 2. The molecule has 25 heavy (non-hydrogen) atoms. The van der Waals surface area contributed by atoms with E-state index in [2.05, 4.69) is 41.2 Å². The lowest BCUT2D eigenvalue weighted by molar-refractivity contribution is -0.141. The fourth-order valence-corrected chi connectivity index (χ4v) is 2.66. The maximum Gasteiger partial charge on any atom is 0.327 e. The monoisotopic (exact) mass is 412 g/mol. The van der Waals surface area contributed by atoms with Crippen molar-refractivity contribution in [3.05, 3.63) is 0 Å². The molecule has 12 heteroatoms. The molecule has 0 aromatic heterocycles. The molecule has 9 nitrogen and oxygen atoms in total. The molecule has 0 rings (SSSR count). The van der Waals surface area contributed by atoms with Gasteiger partial charge in [0.25, 0.3) is 0 Å². The number of carboxylic acid groups (broad SMARTS) is 1. The molecule has 0 aliphatic carbocycles. The molecule has 3 atom stereocenters. The Hall–Kier alpha value is -1.11. The molecular weight excluding hydrogens is 388 g/mol.